The summed E-state index contributed by atoms with van der Waals surface area (Å²) in [6.07, 6.45) is 3.69. The zero-order chi connectivity index (χ0) is 18.7. The van der Waals surface area contributed by atoms with E-state index in [1.807, 2.05) is 35.2 Å². The van der Waals surface area contributed by atoms with E-state index in [0.29, 0.717) is 5.69 Å². The first-order valence-electron chi connectivity index (χ1n) is 7.58. The number of methoxy groups -OCH3 is 1. The zero-order valence-corrected chi connectivity index (χ0v) is 14.6. The molecule has 0 unspecified atom stereocenters. The fourth-order valence-electron chi connectivity index (χ4n) is 2.47. The predicted molar refractivity (Wildman–Crippen MR) is 96.5 cm³/mol. The Morgan fingerprint density at radius 1 is 1.08 bits per heavy atom. The second-order valence-electron chi connectivity index (χ2n) is 5.41. The van der Waals surface area contributed by atoms with Gasteiger partial charge in [0.2, 0.25) is 0 Å². The number of ether oxygens (including phenoxy) is 1. The molecule has 0 aliphatic heterocycles. The smallest absolute Gasteiger partial charge is 0.339 e. The molecule has 0 bridgehead atoms. The van der Waals surface area contributed by atoms with Crippen molar-refractivity contribution in [2.24, 2.45) is 0 Å². The summed E-state index contributed by atoms with van der Waals surface area (Å²) in [5.74, 6) is -1.18. The Labute approximate surface area is 150 Å². The van der Waals surface area contributed by atoms with Crippen molar-refractivity contribution < 1.29 is 23.1 Å². The molecule has 0 aliphatic rings. The lowest BCUT2D eigenvalue weighted by Crippen LogP contribution is -2.14. The highest BCUT2D eigenvalue weighted by atomic mass is 32.2. The Morgan fingerprint density at radius 2 is 1.81 bits per heavy atom. The largest absolute Gasteiger partial charge is 0.496 e. The molecular weight excluding hydrogens is 356 g/mol. The van der Waals surface area contributed by atoms with Gasteiger partial charge in [0.15, 0.2) is 0 Å². The molecule has 0 saturated carbocycles. The zero-order valence-electron chi connectivity index (χ0n) is 13.8. The van der Waals surface area contributed by atoms with Crippen LogP contribution in [0, 0.1) is 0 Å². The predicted octanol–water partition coefficient (Wildman–Crippen LogP) is 2.98. The van der Waals surface area contributed by atoms with E-state index in [2.05, 4.69) is 4.72 Å². The van der Waals surface area contributed by atoms with Crippen molar-refractivity contribution in [1.82, 2.24) is 4.57 Å². The molecule has 2 aromatic carbocycles. The van der Waals surface area contributed by atoms with E-state index < -0.39 is 16.0 Å². The van der Waals surface area contributed by atoms with Crippen LogP contribution in [0.5, 0.6) is 5.75 Å². The molecule has 0 fully saturated rings. The number of aromatic nitrogens is 1. The van der Waals surface area contributed by atoms with Crippen molar-refractivity contribution >= 4 is 21.7 Å². The van der Waals surface area contributed by atoms with Crippen LogP contribution in [-0.2, 0) is 10.0 Å². The van der Waals surface area contributed by atoms with Crippen LogP contribution in [0.4, 0.5) is 5.69 Å². The number of benzene rings is 2. The van der Waals surface area contributed by atoms with Gasteiger partial charge >= 0.3 is 5.97 Å². The quantitative estimate of drug-likeness (QED) is 0.693. The van der Waals surface area contributed by atoms with Crippen LogP contribution in [0.2, 0.25) is 0 Å². The molecular formula is C18H16N2O5S. The SMILES string of the molecule is COc1ccc(S(=O)(=O)Nc2cccc(-n3cccc3)c2)cc1C(=O)O. The number of sulfonamides is 1. The Bertz CT molecular complexity index is 1040. The number of aromatic carboxylic acids is 1. The minimum absolute atomic E-state index is 0.0889. The van der Waals surface area contributed by atoms with Crippen LogP contribution in [0.1, 0.15) is 10.4 Å². The first kappa shape index (κ1) is 17.6. The van der Waals surface area contributed by atoms with Crippen LogP contribution < -0.4 is 9.46 Å². The van der Waals surface area contributed by atoms with E-state index in [1.165, 1.54) is 19.2 Å². The Hall–Kier alpha value is -3.26. The minimum Gasteiger partial charge on any atom is -0.496 e. The van der Waals surface area contributed by atoms with Gasteiger partial charge in [0.25, 0.3) is 10.0 Å². The summed E-state index contributed by atoms with van der Waals surface area (Å²) in [5, 5.41) is 9.22. The highest BCUT2D eigenvalue weighted by Crippen LogP contribution is 2.24. The molecule has 2 N–H and O–H groups in total. The molecule has 134 valence electrons. The summed E-state index contributed by atoms with van der Waals surface area (Å²) in [5.41, 5.74) is 0.927. The number of nitrogens with one attached hydrogen (secondary N) is 1. The lowest BCUT2D eigenvalue weighted by Gasteiger charge is -2.12. The van der Waals surface area contributed by atoms with Gasteiger partial charge in [-0.1, -0.05) is 6.07 Å². The van der Waals surface area contributed by atoms with E-state index in [-0.39, 0.29) is 16.2 Å². The molecule has 0 aliphatic carbocycles. The second-order valence-corrected chi connectivity index (χ2v) is 7.10. The number of rotatable bonds is 6. The van der Waals surface area contributed by atoms with Crippen molar-refractivity contribution in [2.45, 2.75) is 4.90 Å². The molecule has 3 rings (SSSR count). The van der Waals surface area contributed by atoms with Crippen LogP contribution in [-0.4, -0.2) is 31.2 Å². The van der Waals surface area contributed by atoms with Gasteiger partial charge < -0.3 is 14.4 Å². The number of nitrogens with zero attached hydrogens (tertiary/aromatic N) is 1. The molecule has 3 aromatic rings. The summed E-state index contributed by atoms with van der Waals surface area (Å²) in [6.45, 7) is 0. The van der Waals surface area contributed by atoms with Gasteiger partial charge in [-0.3, -0.25) is 4.72 Å². The molecule has 26 heavy (non-hydrogen) atoms. The number of hydrogen-bond donors (Lipinski definition) is 2. The average molecular weight is 372 g/mol. The van der Waals surface area contributed by atoms with Gasteiger partial charge in [-0.15, -0.1) is 0 Å². The van der Waals surface area contributed by atoms with Gasteiger partial charge in [-0.25, -0.2) is 13.2 Å². The maximum atomic E-state index is 12.6. The highest BCUT2D eigenvalue weighted by molar-refractivity contribution is 7.92. The number of carboxylic acid groups (broad SMARTS) is 1. The molecule has 0 radical (unpaired) electrons. The number of carboxylic acids is 1. The van der Waals surface area contributed by atoms with E-state index >= 15 is 0 Å². The monoisotopic (exact) mass is 372 g/mol. The standard InChI is InChI=1S/C18H16N2O5S/c1-25-17-8-7-15(12-16(17)18(21)22)26(23,24)19-13-5-4-6-14(11-13)20-9-2-3-10-20/h2-12,19H,1H3,(H,21,22). The lowest BCUT2D eigenvalue weighted by molar-refractivity contribution is 0.0693. The minimum atomic E-state index is -3.96. The van der Waals surface area contributed by atoms with E-state index in [1.54, 1.807) is 18.2 Å². The third kappa shape index (κ3) is 3.55. The molecule has 0 saturated heterocycles. The Morgan fingerprint density at radius 3 is 2.46 bits per heavy atom. The van der Waals surface area contributed by atoms with E-state index in [9.17, 15) is 18.3 Å². The van der Waals surface area contributed by atoms with Crippen LogP contribution in [0.3, 0.4) is 0 Å². The maximum Gasteiger partial charge on any atom is 0.339 e. The molecule has 8 heteroatoms. The van der Waals surface area contributed by atoms with Crippen molar-refractivity contribution in [2.75, 3.05) is 11.8 Å². The fourth-order valence-corrected chi connectivity index (χ4v) is 3.55. The van der Waals surface area contributed by atoms with Gasteiger partial charge in [-0.05, 0) is 48.5 Å². The third-order valence-corrected chi connectivity index (χ3v) is 5.09. The number of carbonyl (C=O) groups is 1. The normalized spacial score (nSPS) is 11.1. The highest BCUT2D eigenvalue weighted by Gasteiger charge is 2.19. The fraction of sp³-hybridized carbons (Fsp3) is 0.0556. The summed E-state index contributed by atoms with van der Waals surface area (Å²) in [4.78, 5) is 11.1. The maximum absolute atomic E-state index is 12.6. The van der Waals surface area contributed by atoms with Gasteiger partial charge in [-0.2, -0.15) is 0 Å². The molecule has 7 nitrogen and oxygen atoms in total. The first-order valence-corrected chi connectivity index (χ1v) is 9.06. The number of hydrogen-bond acceptors (Lipinski definition) is 4. The van der Waals surface area contributed by atoms with Gasteiger partial charge in [0.1, 0.15) is 11.3 Å². The topological polar surface area (TPSA) is 97.6 Å². The van der Waals surface area contributed by atoms with Crippen LogP contribution in [0.25, 0.3) is 5.69 Å². The second kappa shape index (κ2) is 6.93. The summed E-state index contributed by atoms with van der Waals surface area (Å²) < 4.78 is 34.5. The third-order valence-electron chi connectivity index (χ3n) is 3.71. The average Bonchev–Trinajstić information content (AvgIpc) is 3.15. The van der Waals surface area contributed by atoms with Gasteiger partial charge in [0, 0.05) is 18.1 Å². The molecule has 0 amide bonds. The van der Waals surface area contributed by atoms with E-state index in [0.717, 1.165) is 11.8 Å². The number of anilines is 1. The lowest BCUT2D eigenvalue weighted by atomic mass is 10.2. The molecule has 0 spiro atoms. The van der Waals surface area contributed by atoms with Crippen LogP contribution >= 0.6 is 0 Å². The van der Waals surface area contributed by atoms with Crippen molar-refractivity contribution in [3.8, 4) is 11.4 Å². The molecule has 1 aromatic heterocycles. The van der Waals surface area contributed by atoms with Gasteiger partial charge in [0.05, 0.1) is 17.7 Å². The van der Waals surface area contributed by atoms with Crippen molar-refractivity contribution in [1.29, 1.82) is 0 Å². The van der Waals surface area contributed by atoms with Crippen molar-refractivity contribution in [3.63, 3.8) is 0 Å². The first-order chi connectivity index (χ1) is 12.4. The summed E-state index contributed by atoms with van der Waals surface area (Å²) in [6, 6.07) is 14.3. The van der Waals surface area contributed by atoms with Crippen LogP contribution in [0.15, 0.2) is 71.9 Å². The Kier molecular flexibility index (Phi) is 4.68. The molecule has 0 atom stereocenters. The van der Waals surface area contributed by atoms with Crippen molar-refractivity contribution in [3.05, 3.63) is 72.6 Å². The Balaban J connectivity index is 1.94. The van der Waals surface area contributed by atoms with E-state index in [4.69, 9.17) is 4.74 Å². The summed E-state index contributed by atoms with van der Waals surface area (Å²) in [7, 11) is -2.64. The summed E-state index contributed by atoms with van der Waals surface area (Å²) >= 11 is 0. The molecule has 1 heterocycles.